The van der Waals surface area contributed by atoms with Crippen LogP contribution in [0.4, 0.5) is 11.4 Å². The number of nitrogens with two attached hydrogens (primary N) is 1. The van der Waals surface area contributed by atoms with Crippen LogP contribution in [0, 0.1) is 13.8 Å². The Morgan fingerprint density at radius 2 is 1.76 bits per heavy atom. The molecule has 0 bridgehead atoms. The van der Waals surface area contributed by atoms with Gasteiger partial charge in [-0.05, 0) is 49.4 Å². The summed E-state index contributed by atoms with van der Waals surface area (Å²) in [6.45, 7) is 3.53. The van der Waals surface area contributed by atoms with Crippen LogP contribution < -0.4 is 10.5 Å². The van der Waals surface area contributed by atoms with Crippen LogP contribution in [-0.2, 0) is 10.0 Å². The van der Waals surface area contributed by atoms with E-state index in [4.69, 9.17) is 5.73 Å². The molecule has 0 unspecified atom stereocenters. The third-order valence-corrected chi connectivity index (χ3v) is 5.51. The Hall–Kier alpha value is -1.66. The smallest absolute Gasteiger partial charge is 0.264 e. The number of nitrogens with one attached hydrogen (secondary N) is 1. The molecule has 0 saturated carbocycles. The van der Waals surface area contributed by atoms with E-state index in [0.717, 1.165) is 10.5 Å². The molecule has 2 aromatic rings. The third-order valence-electron chi connectivity index (χ3n) is 3.20. The Balaban J connectivity index is 2.46. The molecule has 0 aliphatic carbocycles. The van der Waals surface area contributed by atoms with Gasteiger partial charge in [-0.15, -0.1) is 11.8 Å². The summed E-state index contributed by atoms with van der Waals surface area (Å²) in [5, 5.41) is 0. The van der Waals surface area contributed by atoms with Gasteiger partial charge in [0.15, 0.2) is 0 Å². The van der Waals surface area contributed by atoms with Crippen molar-refractivity contribution in [3.05, 3.63) is 47.5 Å². The third kappa shape index (κ3) is 3.33. The highest BCUT2D eigenvalue weighted by Gasteiger charge is 2.21. The Morgan fingerprint density at radius 3 is 2.43 bits per heavy atom. The number of sulfonamides is 1. The van der Waals surface area contributed by atoms with E-state index in [1.165, 1.54) is 0 Å². The summed E-state index contributed by atoms with van der Waals surface area (Å²) in [5.41, 5.74) is 8.16. The van der Waals surface area contributed by atoms with E-state index in [0.29, 0.717) is 16.9 Å². The summed E-state index contributed by atoms with van der Waals surface area (Å²) in [4.78, 5) is 1.14. The van der Waals surface area contributed by atoms with E-state index in [1.807, 2.05) is 24.5 Å². The lowest BCUT2D eigenvalue weighted by atomic mass is 10.1. The molecular formula is C15H18N2O2S2. The van der Waals surface area contributed by atoms with Gasteiger partial charge in [0.25, 0.3) is 10.0 Å². The molecule has 0 aromatic heterocycles. The Labute approximate surface area is 129 Å². The maximum Gasteiger partial charge on any atom is 0.264 e. The molecule has 0 saturated heterocycles. The molecule has 0 aliphatic heterocycles. The van der Waals surface area contributed by atoms with Crippen LogP contribution in [0.15, 0.2) is 46.2 Å². The highest BCUT2D eigenvalue weighted by atomic mass is 32.2. The molecule has 0 fully saturated rings. The van der Waals surface area contributed by atoms with Crippen LogP contribution in [0.5, 0.6) is 0 Å². The van der Waals surface area contributed by atoms with Crippen molar-refractivity contribution in [3.8, 4) is 0 Å². The molecule has 0 spiro atoms. The minimum atomic E-state index is -3.71. The summed E-state index contributed by atoms with van der Waals surface area (Å²) >= 11 is 1.55. The van der Waals surface area contributed by atoms with Crippen molar-refractivity contribution in [2.75, 3.05) is 16.7 Å². The summed E-state index contributed by atoms with van der Waals surface area (Å²) in [6.07, 6.45) is 1.94. The lowest BCUT2D eigenvalue weighted by Gasteiger charge is -2.14. The second-order valence-electron chi connectivity index (χ2n) is 4.78. The van der Waals surface area contributed by atoms with E-state index in [-0.39, 0.29) is 4.90 Å². The predicted octanol–water partition coefficient (Wildman–Crippen LogP) is 3.41. The van der Waals surface area contributed by atoms with Gasteiger partial charge in [0.2, 0.25) is 0 Å². The Kier molecular flexibility index (Phi) is 4.49. The molecule has 0 aliphatic rings. The number of rotatable bonds is 4. The van der Waals surface area contributed by atoms with Crippen LogP contribution in [-0.4, -0.2) is 14.7 Å². The molecule has 0 heterocycles. The standard InChI is InChI=1S/C15H18N2O2S2/c1-10-7-8-11(2)15(14(10)16)21(18,19)17-12-5-4-6-13(9-12)20-3/h4-9,17H,16H2,1-3H3. The molecule has 2 aromatic carbocycles. The second kappa shape index (κ2) is 5.99. The van der Waals surface area contributed by atoms with Crippen LogP contribution in [0.2, 0.25) is 0 Å². The fourth-order valence-electron chi connectivity index (χ4n) is 2.06. The Bertz CT molecular complexity index is 771. The summed E-state index contributed by atoms with van der Waals surface area (Å²) in [7, 11) is -3.71. The maximum absolute atomic E-state index is 12.6. The molecule has 0 amide bonds. The molecule has 2 rings (SSSR count). The summed E-state index contributed by atoms with van der Waals surface area (Å²) in [6, 6.07) is 10.8. The molecule has 4 nitrogen and oxygen atoms in total. The van der Waals surface area contributed by atoms with E-state index in [2.05, 4.69) is 4.72 Å². The molecule has 0 atom stereocenters. The zero-order valence-electron chi connectivity index (χ0n) is 12.2. The summed E-state index contributed by atoms with van der Waals surface area (Å²) in [5.74, 6) is 0. The van der Waals surface area contributed by atoms with Gasteiger partial charge in [-0.3, -0.25) is 4.72 Å². The zero-order valence-corrected chi connectivity index (χ0v) is 13.8. The first-order chi connectivity index (χ1) is 9.85. The molecular weight excluding hydrogens is 304 g/mol. The Morgan fingerprint density at radius 1 is 1.10 bits per heavy atom. The number of hydrogen-bond donors (Lipinski definition) is 2. The molecule has 21 heavy (non-hydrogen) atoms. The molecule has 3 N–H and O–H groups in total. The SMILES string of the molecule is CSc1cccc(NS(=O)(=O)c2c(C)ccc(C)c2N)c1. The van der Waals surface area contributed by atoms with Crippen molar-refractivity contribution < 1.29 is 8.42 Å². The minimum Gasteiger partial charge on any atom is -0.397 e. The van der Waals surface area contributed by atoms with Gasteiger partial charge < -0.3 is 5.73 Å². The van der Waals surface area contributed by atoms with Crippen molar-refractivity contribution in [3.63, 3.8) is 0 Å². The first kappa shape index (κ1) is 15.7. The normalized spacial score (nSPS) is 11.4. The average Bonchev–Trinajstić information content (AvgIpc) is 2.42. The summed E-state index contributed by atoms with van der Waals surface area (Å²) < 4.78 is 27.8. The van der Waals surface area contributed by atoms with E-state index < -0.39 is 10.0 Å². The monoisotopic (exact) mass is 322 g/mol. The zero-order chi connectivity index (χ0) is 15.6. The number of benzene rings is 2. The quantitative estimate of drug-likeness (QED) is 0.668. The van der Waals surface area contributed by atoms with Crippen LogP contribution >= 0.6 is 11.8 Å². The van der Waals surface area contributed by atoms with Gasteiger partial charge in [-0.2, -0.15) is 0 Å². The van der Waals surface area contributed by atoms with Crippen molar-refractivity contribution in [2.24, 2.45) is 0 Å². The van der Waals surface area contributed by atoms with Gasteiger partial charge in [0, 0.05) is 10.6 Å². The van der Waals surface area contributed by atoms with Gasteiger partial charge in [0.1, 0.15) is 4.90 Å². The largest absolute Gasteiger partial charge is 0.397 e. The van der Waals surface area contributed by atoms with Crippen LogP contribution in [0.25, 0.3) is 0 Å². The van der Waals surface area contributed by atoms with Gasteiger partial charge in [0.05, 0.1) is 5.69 Å². The topological polar surface area (TPSA) is 72.2 Å². The van der Waals surface area contributed by atoms with Gasteiger partial charge in [-0.25, -0.2) is 8.42 Å². The van der Waals surface area contributed by atoms with Crippen molar-refractivity contribution >= 4 is 33.2 Å². The number of hydrogen-bond acceptors (Lipinski definition) is 4. The van der Waals surface area contributed by atoms with Crippen molar-refractivity contribution in [1.82, 2.24) is 0 Å². The van der Waals surface area contributed by atoms with Crippen LogP contribution in [0.1, 0.15) is 11.1 Å². The number of anilines is 2. The van der Waals surface area contributed by atoms with Crippen LogP contribution in [0.3, 0.4) is 0 Å². The average molecular weight is 322 g/mol. The second-order valence-corrected chi connectivity index (χ2v) is 7.28. The van der Waals surface area contributed by atoms with Crippen molar-refractivity contribution in [1.29, 1.82) is 0 Å². The fourth-order valence-corrected chi connectivity index (χ4v) is 4.00. The van der Waals surface area contributed by atoms with E-state index in [1.54, 1.807) is 43.8 Å². The lowest BCUT2D eigenvalue weighted by Crippen LogP contribution is -2.16. The number of thioether (sulfide) groups is 1. The highest BCUT2D eigenvalue weighted by Crippen LogP contribution is 2.28. The number of aryl methyl sites for hydroxylation is 2. The minimum absolute atomic E-state index is 0.150. The maximum atomic E-state index is 12.6. The van der Waals surface area contributed by atoms with E-state index in [9.17, 15) is 8.42 Å². The predicted molar refractivity (Wildman–Crippen MR) is 89.4 cm³/mol. The van der Waals surface area contributed by atoms with E-state index >= 15 is 0 Å². The lowest BCUT2D eigenvalue weighted by molar-refractivity contribution is 0.601. The van der Waals surface area contributed by atoms with Gasteiger partial charge >= 0.3 is 0 Å². The number of nitrogen functional groups attached to an aromatic ring is 1. The highest BCUT2D eigenvalue weighted by molar-refractivity contribution is 7.98. The first-order valence-electron chi connectivity index (χ1n) is 6.37. The first-order valence-corrected chi connectivity index (χ1v) is 9.08. The molecule has 6 heteroatoms. The fraction of sp³-hybridized carbons (Fsp3) is 0.200. The molecule has 0 radical (unpaired) electrons. The molecule has 112 valence electrons. The van der Waals surface area contributed by atoms with Crippen molar-refractivity contribution in [2.45, 2.75) is 23.6 Å². The van der Waals surface area contributed by atoms with Gasteiger partial charge in [-0.1, -0.05) is 18.2 Å².